The lowest BCUT2D eigenvalue weighted by molar-refractivity contribution is -0.384. The van der Waals surface area contributed by atoms with Crippen molar-refractivity contribution in [2.24, 2.45) is 0 Å². The summed E-state index contributed by atoms with van der Waals surface area (Å²) in [5.74, 6) is 0.821. The van der Waals surface area contributed by atoms with Gasteiger partial charge >= 0.3 is 11.9 Å². The van der Waals surface area contributed by atoms with E-state index in [0.717, 1.165) is 6.07 Å². The monoisotopic (exact) mass is 659 g/mol. The molecule has 0 spiro atoms. The van der Waals surface area contributed by atoms with Crippen LogP contribution < -0.4 is 10.6 Å². The zero-order valence-electron chi connectivity index (χ0n) is 24.1. The Morgan fingerprint density at radius 1 is 0.723 bits per heavy atom. The van der Waals surface area contributed by atoms with Crippen LogP contribution in [-0.4, -0.2) is 44.8 Å². The smallest absolute Gasteiger partial charge is 0.322 e. The minimum absolute atomic E-state index is 0.0529. The Bertz CT molecular complexity index is 2000. The van der Waals surface area contributed by atoms with Gasteiger partial charge in [-0.25, -0.2) is 19.9 Å². The van der Waals surface area contributed by atoms with E-state index in [-0.39, 0.29) is 28.2 Å². The number of aryl methyl sites for hydroxylation is 1. The van der Waals surface area contributed by atoms with E-state index in [1.54, 1.807) is 61.9 Å². The molecule has 0 radical (unpaired) electrons. The highest BCUT2D eigenvalue weighted by atomic mass is 35.5. The third-order valence-corrected chi connectivity index (χ3v) is 6.38. The standard InChI is InChI=1S/C15H9ClF3N5.C15H12N6O2/c16-10-5-9(15(17,18)19)6-22-14(10)24-13-8-20-7-12(23-13)11-3-1-2-4-21-11;1-10-5-7-18-15(14(10)21(22)23)20-13-9-16-8-12(19-13)11-4-2-3-6-17-11/h1-8H,(H,22,23,24);2-9H,1H3,(H,18,19,20). The maximum atomic E-state index is 12.6. The maximum absolute atomic E-state index is 12.6. The summed E-state index contributed by atoms with van der Waals surface area (Å²) in [5, 5.41) is 16.6. The molecule has 0 amide bonds. The molecular formula is C30H21ClF3N11O2. The van der Waals surface area contributed by atoms with Gasteiger partial charge < -0.3 is 10.6 Å². The average molecular weight is 660 g/mol. The number of hydrogen-bond donors (Lipinski definition) is 2. The summed E-state index contributed by atoms with van der Waals surface area (Å²) in [4.78, 5) is 43.6. The Balaban J connectivity index is 0.000000185. The van der Waals surface area contributed by atoms with Crippen molar-refractivity contribution in [3.8, 4) is 22.8 Å². The zero-order chi connectivity index (χ0) is 33.4. The number of halogens is 4. The van der Waals surface area contributed by atoms with E-state index < -0.39 is 16.7 Å². The van der Waals surface area contributed by atoms with Crippen LogP contribution in [0.4, 0.5) is 42.1 Å². The van der Waals surface area contributed by atoms with Gasteiger partial charge in [-0.1, -0.05) is 23.7 Å². The SMILES string of the molecule is Cc1ccnc(Nc2cncc(-c3ccccn3)n2)c1[N+](=O)[O-].FC(F)(F)c1cnc(Nc2cncc(-c3ccccn3)n2)c(Cl)c1. The van der Waals surface area contributed by atoms with Gasteiger partial charge in [-0.2, -0.15) is 13.2 Å². The molecule has 0 aromatic carbocycles. The van der Waals surface area contributed by atoms with Crippen molar-refractivity contribution < 1.29 is 18.1 Å². The van der Waals surface area contributed by atoms with E-state index in [2.05, 4.69) is 50.5 Å². The van der Waals surface area contributed by atoms with Crippen molar-refractivity contribution in [1.29, 1.82) is 0 Å². The molecule has 17 heteroatoms. The fourth-order valence-corrected chi connectivity index (χ4v) is 4.14. The number of alkyl halides is 3. The number of pyridine rings is 4. The van der Waals surface area contributed by atoms with Gasteiger partial charge in [0.2, 0.25) is 5.82 Å². The van der Waals surface area contributed by atoms with Crippen molar-refractivity contribution in [2.45, 2.75) is 13.1 Å². The van der Waals surface area contributed by atoms with Crippen LogP contribution in [0.5, 0.6) is 0 Å². The van der Waals surface area contributed by atoms with Gasteiger partial charge in [-0.05, 0) is 43.3 Å². The number of anilines is 4. The van der Waals surface area contributed by atoms with Crippen LogP contribution in [0.1, 0.15) is 11.1 Å². The van der Waals surface area contributed by atoms with Crippen LogP contribution in [0.25, 0.3) is 22.8 Å². The number of nitrogens with one attached hydrogen (secondary N) is 2. The second-order valence-corrected chi connectivity index (χ2v) is 9.80. The molecule has 0 saturated carbocycles. The normalized spacial score (nSPS) is 10.8. The lowest BCUT2D eigenvalue weighted by Gasteiger charge is -2.10. The molecule has 6 aromatic heterocycles. The van der Waals surface area contributed by atoms with E-state index >= 15 is 0 Å². The summed E-state index contributed by atoms with van der Waals surface area (Å²) in [6, 6.07) is 13.2. The molecule has 47 heavy (non-hydrogen) atoms. The fourth-order valence-electron chi connectivity index (χ4n) is 3.93. The molecule has 6 rings (SSSR count). The summed E-state index contributed by atoms with van der Waals surface area (Å²) in [6.07, 6.45) is 6.94. The molecule has 6 heterocycles. The average Bonchev–Trinajstić information content (AvgIpc) is 3.06. The first-order chi connectivity index (χ1) is 22.6. The molecule has 0 aliphatic carbocycles. The third-order valence-electron chi connectivity index (χ3n) is 6.09. The Hall–Kier alpha value is -6.16. The molecule has 0 fully saturated rings. The van der Waals surface area contributed by atoms with Crippen molar-refractivity contribution in [2.75, 3.05) is 10.6 Å². The van der Waals surface area contributed by atoms with Crippen LogP contribution in [0.15, 0.2) is 98.1 Å². The summed E-state index contributed by atoms with van der Waals surface area (Å²) in [5.41, 5.74) is 1.84. The maximum Gasteiger partial charge on any atom is 0.417 e. The molecule has 13 nitrogen and oxygen atoms in total. The lowest BCUT2D eigenvalue weighted by atomic mass is 10.2. The number of rotatable bonds is 7. The molecule has 0 aliphatic rings. The van der Waals surface area contributed by atoms with Crippen molar-refractivity contribution in [1.82, 2.24) is 39.9 Å². The molecular weight excluding hydrogens is 639 g/mol. The predicted molar refractivity (Wildman–Crippen MR) is 167 cm³/mol. The predicted octanol–water partition coefficient (Wildman–Crippen LogP) is 7.24. The number of hydrogen-bond acceptors (Lipinski definition) is 12. The highest BCUT2D eigenvalue weighted by Gasteiger charge is 2.31. The summed E-state index contributed by atoms with van der Waals surface area (Å²) < 4.78 is 37.9. The van der Waals surface area contributed by atoms with Crippen LogP contribution in [0.2, 0.25) is 5.02 Å². The lowest BCUT2D eigenvalue weighted by Crippen LogP contribution is -2.07. The first kappa shape index (κ1) is 32.2. The van der Waals surface area contributed by atoms with E-state index in [1.807, 2.05) is 6.07 Å². The largest absolute Gasteiger partial charge is 0.417 e. The fraction of sp³-hybridized carbons (Fsp3) is 0.0667. The van der Waals surface area contributed by atoms with E-state index in [9.17, 15) is 23.3 Å². The van der Waals surface area contributed by atoms with Gasteiger partial charge in [-0.15, -0.1) is 0 Å². The van der Waals surface area contributed by atoms with Crippen molar-refractivity contribution in [3.05, 3.63) is 124 Å². The topological polar surface area (TPSA) is 170 Å². The molecule has 0 aliphatic heterocycles. The minimum Gasteiger partial charge on any atom is -0.322 e. The number of nitrogens with zero attached hydrogens (tertiary/aromatic N) is 9. The summed E-state index contributed by atoms with van der Waals surface area (Å²) in [7, 11) is 0. The van der Waals surface area contributed by atoms with Crippen LogP contribution in [0.3, 0.4) is 0 Å². The first-order valence-corrected chi connectivity index (χ1v) is 13.8. The molecule has 0 bridgehead atoms. The molecule has 0 atom stereocenters. The van der Waals surface area contributed by atoms with E-state index in [0.29, 0.717) is 40.4 Å². The Labute approximate surface area is 269 Å². The third kappa shape index (κ3) is 8.31. The summed E-state index contributed by atoms with van der Waals surface area (Å²) in [6.45, 7) is 1.65. The molecule has 2 N–H and O–H groups in total. The second kappa shape index (κ2) is 14.3. The van der Waals surface area contributed by atoms with Gasteiger partial charge in [0.05, 0.1) is 51.7 Å². The second-order valence-electron chi connectivity index (χ2n) is 9.39. The highest BCUT2D eigenvalue weighted by Crippen LogP contribution is 2.33. The van der Waals surface area contributed by atoms with Crippen LogP contribution >= 0.6 is 11.6 Å². The van der Waals surface area contributed by atoms with Crippen LogP contribution in [0, 0.1) is 17.0 Å². The number of aromatic nitrogens is 8. The summed E-state index contributed by atoms with van der Waals surface area (Å²) >= 11 is 5.86. The Morgan fingerprint density at radius 2 is 1.30 bits per heavy atom. The van der Waals surface area contributed by atoms with Gasteiger partial charge in [-0.3, -0.25) is 30.1 Å². The quantitative estimate of drug-likeness (QED) is 0.130. The Morgan fingerprint density at radius 3 is 1.79 bits per heavy atom. The van der Waals surface area contributed by atoms with E-state index in [4.69, 9.17) is 11.6 Å². The number of nitro groups is 1. The minimum atomic E-state index is -4.51. The van der Waals surface area contributed by atoms with Gasteiger partial charge in [0, 0.05) is 30.4 Å². The molecule has 0 saturated heterocycles. The van der Waals surface area contributed by atoms with Crippen LogP contribution in [-0.2, 0) is 6.18 Å². The zero-order valence-corrected chi connectivity index (χ0v) is 24.8. The first-order valence-electron chi connectivity index (χ1n) is 13.4. The molecule has 0 unspecified atom stereocenters. The van der Waals surface area contributed by atoms with Gasteiger partial charge in [0.1, 0.15) is 17.2 Å². The van der Waals surface area contributed by atoms with Gasteiger partial charge in [0.25, 0.3) is 0 Å². The molecule has 236 valence electrons. The molecule has 6 aromatic rings. The van der Waals surface area contributed by atoms with Crippen molar-refractivity contribution in [3.63, 3.8) is 0 Å². The highest BCUT2D eigenvalue weighted by molar-refractivity contribution is 6.33. The van der Waals surface area contributed by atoms with Crippen molar-refractivity contribution >= 4 is 40.6 Å². The van der Waals surface area contributed by atoms with E-state index in [1.165, 1.54) is 24.8 Å². The van der Waals surface area contributed by atoms with Gasteiger partial charge in [0.15, 0.2) is 11.6 Å². The Kier molecular flexibility index (Phi) is 9.81.